The summed E-state index contributed by atoms with van der Waals surface area (Å²) in [4.78, 5) is 42.6. The largest absolute Gasteiger partial charge is 0.309 e. The van der Waals surface area contributed by atoms with Gasteiger partial charge in [0.1, 0.15) is 23.6 Å². The van der Waals surface area contributed by atoms with Crippen LogP contribution in [0.4, 0.5) is 5.82 Å². The minimum Gasteiger partial charge on any atom is -0.309 e. The molecule has 5 rings (SSSR count). The van der Waals surface area contributed by atoms with Gasteiger partial charge in [-0.05, 0) is 31.0 Å². The van der Waals surface area contributed by atoms with Gasteiger partial charge in [-0.2, -0.15) is 0 Å². The number of carbonyl (C=O) groups is 1. The number of halogens is 1. The summed E-state index contributed by atoms with van der Waals surface area (Å²) >= 11 is 5.99. The maximum Gasteiger partial charge on any atom is 0.257 e. The lowest BCUT2D eigenvalue weighted by Crippen LogP contribution is -2.39. The highest BCUT2D eigenvalue weighted by Crippen LogP contribution is 2.40. The number of rotatable bonds is 4. The molecule has 1 aromatic heterocycles. The highest BCUT2D eigenvalue weighted by atomic mass is 35.5. The van der Waals surface area contributed by atoms with Crippen molar-refractivity contribution in [3.63, 3.8) is 0 Å². The molecule has 0 bridgehead atoms. The zero-order chi connectivity index (χ0) is 21.8. The molecule has 0 saturated heterocycles. The summed E-state index contributed by atoms with van der Waals surface area (Å²) in [6.45, 7) is 4.24. The number of nitrogens with one attached hydrogen (secondary N) is 3. The number of carbonyl (C=O) groups excluding carboxylic acids is 1. The van der Waals surface area contributed by atoms with Crippen molar-refractivity contribution in [2.75, 3.05) is 12.0 Å². The van der Waals surface area contributed by atoms with Crippen LogP contribution in [0.3, 0.4) is 0 Å². The molecule has 9 nitrogen and oxygen atoms in total. The molecular formula is C21H20ClN7O2. The molecular weight excluding hydrogens is 418 g/mol. The number of amides is 1. The molecule has 31 heavy (non-hydrogen) atoms. The Kier molecular flexibility index (Phi) is 4.53. The number of aromatic nitrogens is 2. The number of fused-ring (bicyclic) bond motifs is 2. The first-order chi connectivity index (χ1) is 14.9. The van der Waals surface area contributed by atoms with Crippen molar-refractivity contribution < 1.29 is 4.79 Å². The second-order valence-corrected chi connectivity index (χ2v) is 8.15. The third kappa shape index (κ3) is 3.00. The molecule has 158 valence electrons. The van der Waals surface area contributed by atoms with Gasteiger partial charge in [-0.25, -0.2) is 20.4 Å². The maximum atomic E-state index is 13.2. The average Bonchev–Trinajstić information content (AvgIpc) is 3.32. The van der Waals surface area contributed by atoms with E-state index in [4.69, 9.17) is 11.6 Å². The van der Waals surface area contributed by atoms with Crippen molar-refractivity contribution >= 4 is 40.6 Å². The topological polar surface area (TPSA) is 115 Å². The highest BCUT2D eigenvalue weighted by molar-refractivity contribution is 6.43. The molecule has 0 fully saturated rings. The summed E-state index contributed by atoms with van der Waals surface area (Å²) in [6, 6.07) is 6.88. The van der Waals surface area contributed by atoms with Gasteiger partial charge in [-0.1, -0.05) is 37.1 Å². The fraction of sp³-hybridized carbons (Fsp3) is 0.286. The summed E-state index contributed by atoms with van der Waals surface area (Å²) in [6.07, 6.45) is 3.39. The van der Waals surface area contributed by atoms with Crippen LogP contribution in [0.1, 0.15) is 43.6 Å². The second kappa shape index (κ2) is 7.14. The smallest absolute Gasteiger partial charge is 0.257 e. The van der Waals surface area contributed by atoms with Crippen LogP contribution in [-0.4, -0.2) is 39.1 Å². The maximum absolute atomic E-state index is 13.2. The summed E-state index contributed by atoms with van der Waals surface area (Å²) in [5, 5.41) is 5.11. The molecule has 10 heteroatoms. The fourth-order valence-electron chi connectivity index (χ4n) is 4.09. The molecule has 1 amide bonds. The van der Waals surface area contributed by atoms with E-state index in [1.165, 1.54) is 0 Å². The molecule has 0 radical (unpaired) electrons. The predicted octanol–water partition coefficient (Wildman–Crippen LogP) is 2.41. The number of anilines is 1. The van der Waals surface area contributed by atoms with Gasteiger partial charge in [-0.3, -0.25) is 14.6 Å². The zero-order valence-electron chi connectivity index (χ0n) is 17.0. The molecule has 0 aliphatic carbocycles. The van der Waals surface area contributed by atoms with Crippen molar-refractivity contribution in [1.82, 2.24) is 20.4 Å². The van der Waals surface area contributed by atoms with E-state index in [1.807, 2.05) is 0 Å². The van der Waals surface area contributed by atoms with E-state index in [-0.39, 0.29) is 23.1 Å². The van der Waals surface area contributed by atoms with Crippen LogP contribution in [-0.2, 0) is 10.2 Å². The minimum atomic E-state index is -1.17. The van der Waals surface area contributed by atoms with Crippen LogP contribution >= 0.6 is 11.6 Å². The van der Waals surface area contributed by atoms with Gasteiger partial charge in [0, 0.05) is 5.02 Å². The lowest BCUT2D eigenvalue weighted by molar-refractivity contribution is -0.119. The SMILES string of the molecule is CCCC1=NC(c2nc3c(c(=O)[nH]2)C(C)(c2ccc(Cl)cc2)C(=O)N3)=CN2NCN=C12. The third-order valence-corrected chi connectivity index (χ3v) is 5.97. The lowest BCUT2D eigenvalue weighted by atomic mass is 9.78. The van der Waals surface area contributed by atoms with Crippen LogP contribution in [0.2, 0.25) is 5.02 Å². The number of aliphatic imine (C=N–C) groups is 2. The van der Waals surface area contributed by atoms with Crippen molar-refractivity contribution in [1.29, 1.82) is 0 Å². The fourth-order valence-corrected chi connectivity index (χ4v) is 4.22. The highest BCUT2D eigenvalue weighted by Gasteiger charge is 2.47. The molecule has 2 aromatic rings. The zero-order valence-corrected chi connectivity index (χ0v) is 17.7. The number of hydrazine groups is 1. The summed E-state index contributed by atoms with van der Waals surface area (Å²) < 4.78 is 0. The van der Waals surface area contributed by atoms with Crippen LogP contribution in [0.25, 0.3) is 5.70 Å². The number of amidine groups is 1. The van der Waals surface area contributed by atoms with Gasteiger partial charge in [0.2, 0.25) is 5.91 Å². The van der Waals surface area contributed by atoms with Crippen molar-refractivity contribution in [3.05, 3.63) is 62.8 Å². The monoisotopic (exact) mass is 437 g/mol. The Morgan fingerprint density at radius 3 is 2.74 bits per heavy atom. The molecule has 1 unspecified atom stereocenters. The Balaban J connectivity index is 1.60. The van der Waals surface area contributed by atoms with Crippen LogP contribution in [0.15, 0.2) is 45.2 Å². The van der Waals surface area contributed by atoms with Gasteiger partial charge in [0.25, 0.3) is 5.56 Å². The van der Waals surface area contributed by atoms with E-state index in [0.29, 0.717) is 23.0 Å². The Morgan fingerprint density at radius 1 is 1.23 bits per heavy atom. The summed E-state index contributed by atoms with van der Waals surface area (Å²) in [5.74, 6) is 0.982. The molecule has 3 aliphatic rings. The first kappa shape index (κ1) is 19.7. The van der Waals surface area contributed by atoms with Gasteiger partial charge < -0.3 is 10.3 Å². The van der Waals surface area contributed by atoms with E-state index in [2.05, 4.69) is 37.6 Å². The number of aromatic amines is 1. The molecule has 1 aromatic carbocycles. The van der Waals surface area contributed by atoms with Gasteiger partial charge in [-0.15, -0.1) is 0 Å². The summed E-state index contributed by atoms with van der Waals surface area (Å²) in [5.41, 5.74) is 3.82. The Labute approximate surface area is 182 Å². The van der Waals surface area contributed by atoms with Crippen LogP contribution < -0.4 is 16.3 Å². The standard InChI is InChI=1S/C21H20ClN7O2/c1-3-4-13-18-23-10-24-29(18)9-14(25-13)16-26-17-15(19(30)27-16)21(2,20(31)28-17)11-5-7-12(22)8-6-11/h5-9,24H,3-4,10H2,1-2H3,(H2,26,27,28,30,31). The van der Waals surface area contributed by atoms with Crippen molar-refractivity contribution in [3.8, 4) is 0 Å². The van der Waals surface area contributed by atoms with Crippen LogP contribution in [0, 0.1) is 0 Å². The Bertz CT molecular complexity index is 1250. The molecule has 3 N–H and O–H groups in total. The van der Waals surface area contributed by atoms with Gasteiger partial charge in [0.05, 0.1) is 17.5 Å². The molecule has 3 aliphatic heterocycles. The second-order valence-electron chi connectivity index (χ2n) is 7.71. The van der Waals surface area contributed by atoms with Gasteiger partial charge in [0.15, 0.2) is 11.7 Å². The first-order valence-corrected chi connectivity index (χ1v) is 10.4. The van der Waals surface area contributed by atoms with E-state index < -0.39 is 11.0 Å². The Morgan fingerprint density at radius 2 is 2.00 bits per heavy atom. The van der Waals surface area contributed by atoms with E-state index in [0.717, 1.165) is 24.4 Å². The third-order valence-electron chi connectivity index (χ3n) is 5.72. The van der Waals surface area contributed by atoms with Crippen LogP contribution in [0.5, 0.6) is 0 Å². The van der Waals surface area contributed by atoms with Crippen molar-refractivity contribution in [2.45, 2.75) is 32.1 Å². The number of H-pyrrole nitrogens is 1. The predicted molar refractivity (Wildman–Crippen MR) is 119 cm³/mol. The Hall–Kier alpha value is -3.30. The summed E-state index contributed by atoms with van der Waals surface area (Å²) in [7, 11) is 0. The van der Waals surface area contributed by atoms with E-state index in [9.17, 15) is 9.59 Å². The van der Waals surface area contributed by atoms with Crippen molar-refractivity contribution in [2.24, 2.45) is 9.98 Å². The average molecular weight is 438 g/mol. The lowest BCUT2D eigenvalue weighted by Gasteiger charge is -2.23. The van der Waals surface area contributed by atoms with Gasteiger partial charge >= 0.3 is 0 Å². The molecule has 4 heterocycles. The minimum absolute atomic E-state index is 0.239. The van der Waals surface area contributed by atoms with E-state index in [1.54, 1.807) is 42.4 Å². The number of benzene rings is 1. The normalized spacial score (nSPS) is 21.8. The molecule has 1 atom stereocenters. The first-order valence-electron chi connectivity index (χ1n) is 10.0. The van der Waals surface area contributed by atoms with E-state index >= 15 is 0 Å². The molecule has 0 saturated carbocycles. The number of hydrogen-bond donors (Lipinski definition) is 3. The number of hydrogen-bond acceptors (Lipinski definition) is 7. The number of nitrogens with zero attached hydrogens (tertiary/aromatic N) is 4. The quantitative estimate of drug-likeness (QED) is 0.679. The molecule has 0 spiro atoms.